The van der Waals surface area contributed by atoms with Gasteiger partial charge in [-0.3, -0.25) is 0 Å². The van der Waals surface area contributed by atoms with E-state index < -0.39 is 0 Å². The van der Waals surface area contributed by atoms with E-state index in [9.17, 15) is 0 Å². The number of methoxy groups -OCH3 is 2. The van der Waals surface area contributed by atoms with Crippen LogP contribution in [0.15, 0.2) is 66.9 Å². The Morgan fingerprint density at radius 1 is 0.833 bits per heavy atom. The topological polar surface area (TPSA) is 58.4 Å². The fraction of sp³-hybridized carbons (Fsp3) is 0.280. The number of nitrogens with zero attached hydrogens (tertiary/aromatic N) is 2. The zero-order valence-corrected chi connectivity index (χ0v) is 18.1. The molecule has 1 aromatic heterocycles. The lowest BCUT2D eigenvalue weighted by molar-refractivity contribution is 0.414. The van der Waals surface area contributed by atoms with Crippen molar-refractivity contribution in [1.29, 1.82) is 5.41 Å². The number of aromatic nitrogens is 1. The molecule has 5 heteroatoms. The molecule has 0 fully saturated rings. The highest BCUT2D eigenvalue weighted by Gasteiger charge is 2.18. The smallest absolute Gasteiger partial charge is 0.129 e. The minimum atomic E-state index is -0.331. The summed E-state index contributed by atoms with van der Waals surface area (Å²) in [7, 11) is 3.35. The van der Waals surface area contributed by atoms with Crippen molar-refractivity contribution < 1.29 is 9.47 Å². The standard InChI is InChI=1S/C25H29N3O2/c1-25(2,18-26)21-9-14-24(27-15-21)28(16-19-5-10-22(29-3)11-6-19)17-20-7-12-23(30-4)13-8-20/h5-15,18,26H,16-17H2,1-4H3. The second-order valence-corrected chi connectivity index (χ2v) is 7.82. The number of pyridine rings is 1. The molecule has 0 aliphatic heterocycles. The molecule has 1 heterocycles. The molecule has 0 atom stereocenters. The number of rotatable bonds is 9. The summed E-state index contributed by atoms with van der Waals surface area (Å²) in [5, 5.41) is 7.66. The molecule has 3 rings (SSSR count). The lowest BCUT2D eigenvalue weighted by Crippen LogP contribution is -2.24. The van der Waals surface area contributed by atoms with Crippen molar-refractivity contribution >= 4 is 12.0 Å². The van der Waals surface area contributed by atoms with Crippen LogP contribution >= 0.6 is 0 Å². The molecule has 0 amide bonds. The van der Waals surface area contributed by atoms with Crippen LogP contribution in [0.25, 0.3) is 0 Å². The lowest BCUT2D eigenvalue weighted by Gasteiger charge is -2.26. The van der Waals surface area contributed by atoms with E-state index in [0.717, 1.165) is 36.0 Å². The average Bonchev–Trinajstić information content (AvgIpc) is 2.79. The Bertz CT molecular complexity index is 900. The molecule has 1 N–H and O–H groups in total. The van der Waals surface area contributed by atoms with E-state index in [0.29, 0.717) is 0 Å². The summed E-state index contributed by atoms with van der Waals surface area (Å²) in [4.78, 5) is 6.97. The van der Waals surface area contributed by atoms with Crippen molar-refractivity contribution in [2.75, 3.05) is 19.1 Å². The predicted octanol–water partition coefficient (Wildman–Crippen LogP) is 5.23. The Morgan fingerprint density at radius 2 is 1.33 bits per heavy atom. The van der Waals surface area contributed by atoms with E-state index in [2.05, 4.69) is 35.2 Å². The Kier molecular flexibility index (Phi) is 6.72. The van der Waals surface area contributed by atoms with Crippen LogP contribution in [0.1, 0.15) is 30.5 Å². The maximum atomic E-state index is 7.66. The number of ether oxygens (including phenoxy) is 2. The number of anilines is 1. The Hall–Kier alpha value is -3.34. The van der Waals surface area contributed by atoms with Gasteiger partial charge in [-0.25, -0.2) is 4.98 Å². The van der Waals surface area contributed by atoms with Crippen LogP contribution < -0.4 is 14.4 Å². The van der Waals surface area contributed by atoms with Gasteiger partial charge >= 0.3 is 0 Å². The first-order valence-electron chi connectivity index (χ1n) is 9.94. The van der Waals surface area contributed by atoms with Crippen molar-refractivity contribution in [2.45, 2.75) is 32.4 Å². The molecule has 0 saturated heterocycles. The summed E-state index contributed by atoms with van der Waals surface area (Å²) in [5.41, 5.74) is 3.04. The highest BCUT2D eigenvalue weighted by molar-refractivity contribution is 5.69. The van der Waals surface area contributed by atoms with Crippen LogP contribution in [0.2, 0.25) is 0 Å². The molecule has 156 valence electrons. The van der Waals surface area contributed by atoms with E-state index in [1.807, 2.05) is 50.4 Å². The second-order valence-electron chi connectivity index (χ2n) is 7.82. The summed E-state index contributed by atoms with van der Waals surface area (Å²) in [6.45, 7) is 5.47. The van der Waals surface area contributed by atoms with Crippen LogP contribution in [-0.2, 0) is 18.5 Å². The maximum Gasteiger partial charge on any atom is 0.129 e. The van der Waals surface area contributed by atoms with E-state index in [1.165, 1.54) is 17.3 Å². The number of benzene rings is 2. The lowest BCUT2D eigenvalue weighted by atomic mass is 9.87. The predicted molar refractivity (Wildman–Crippen MR) is 122 cm³/mol. The van der Waals surface area contributed by atoms with E-state index in [4.69, 9.17) is 19.9 Å². The Morgan fingerprint density at radius 3 is 1.70 bits per heavy atom. The Labute approximate surface area is 178 Å². The molecule has 0 aliphatic carbocycles. The fourth-order valence-electron chi connectivity index (χ4n) is 3.16. The van der Waals surface area contributed by atoms with Crippen LogP contribution in [0.5, 0.6) is 11.5 Å². The molecular formula is C25H29N3O2. The van der Waals surface area contributed by atoms with Gasteiger partial charge in [-0.2, -0.15) is 0 Å². The molecular weight excluding hydrogens is 374 g/mol. The van der Waals surface area contributed by atoms with Gasteiger partial charge in [-0.05, 0) is 47.0 Å². The molecule has 5 nitrogen and oxygen atoms in total. The highest BCUT2D eigenvalue weighted by atomic mass is 16.5. The van der Waals surface area contributed by atoms with Gasteiger partial charge in [0, 0.05) is 30.9 Å². The highest BCUT2D eigenvalue weighted by Crippen LogP contribution is 2.25. The number of hydrogen-bond acceptors (Lipinski definition) is 5. The first kappa shape index (κ1) is 21.4. The summed E-state index contributed by atoms with van der Waals surface area (Å²) in [6.07, 6.45) is 3.32. The first-order valence-corrected chi connectivity index (χ1v) is 9.94. The van der Waals surface area contributed by atoms with Crippen LogP contribution in [-0.4, -0.2) is 25.4 Å². The summed E-state index contributed by atoms with van der Waals surface area (Å²) in [5.74, 6) is 2.58. The molecule has 0 unspecified atom stereocenters. The van der Waals surface area contributed by atoms with Gasteiger partial charge in [0.05, 0.1) is 14.2 Å². The summed E-state index contributed by atoms with van der Waals surface area (Å²) < 4.78 is 10.6. The van der Waals surface area contributed by atoms with Crippen molar-refractivity contribution in [3.8, 4) is 11.5 Å². The maximum absolute atomic E-state index is 7.66. The van der Waals surface area contributed by atoms with Crippen molar-refractivity contribution in [3.63, 3.8) is 0 Å². The molecule has 3 aromatic rings. The average molecular weight is 404 g/mol. The summed E-state index contributed by atoms with van der Waals surface area (Å²) in [6, 6.07) is 20.3. The SMILES string of the molecule is COc1ccc(CN(Cc2ccc(OC)cc2)c2ccc(C(C)(C)C=N)cn2)cc1. The van der Waals surface area contributed by atoms with E-state index in [1.54, 1.807) is 14.2 Å². The minimum Gasteiger partial charge on any atom is -0.497 e. The van der Waals surface area contributed by atoms with Gasteiger partial charge in [-0.15, -0.1) is 0 Å². The van der Waals surface area contributed by atoms with Gasteiger partial charge in [-0.1, -0.05) is 44.2 Å². The molecule has 30 heavy (non-hydrogen) atoms. The second kappa shape index (κ2) is 9.44. The third-order valence-corrected chi connectivity index (χ3v) is 5.24. The minimum absolute atomic E-state index is 0.331. The van der Waals surface area contributed by atoms with Crippen molar-refractivity contribution in [2.24, 2.45) is 0 Å². The molecule has 2 aromatic carbocycles. The number of nitrogens with one attached hydrogen (secondary N) is 1. The quantitative estimate of drug-likeness (QED) is 0.497. The molecule has 0 spiro atoms. The van der Waals surface area contributed by atoms with E-state index >= 15 is 0 Å². The normalized spacial score (nSPS) is 11.1. The Balaban J connectivity index is 1.88. The molecule has 0 bridgehead atoms. The fourth-order valence-corrected chi connectivity index (χ4v) is 3.16. The van der Waals surface area contributed by atoms with E-state index in [-0.39, 0.29) is 5.41 Å². The van der Waals surface area contributed by atoms with Crippen LogP contribution in [0, 0.1) is 5.41 Å². The zero-order chi connectivity index (χ0) is 21.6. The largest absolute Gasteiger partial charge is 0.497 e. The van der Waals surface area contributed by atoms with Crippen LogP contribution in [0.3, 0.4) is 0 Å². The van der Waals surface area contributed by atoms with Gasteiger partial charge in [0.1, 0.15) is 17.3 Å². The van der Waals surface area contributed by atoms with Crippen molar-refractivity contribution in [3.05, 3.63) is 83.6 Å². The number of hydrogen-bond donors (Lipinski definition) is 1. The molecule has 0 saturated carbocycles. The van der Waals surface area contributed by atoms with Crippen molar-refractivity contribution in [1.82, 2.24) is 4.98 Å². The first-order chi connectivity index (χ1) is 14.4. The van der Waals surface area contributed by atoms with Crippen LogP contribution in [0.4, 0.5) is 5.82 Å². The molecule has 0 radical (unpaired) electrons. The molecule has 0 aliphatic rings. The van der Waals surface area contributed by atoms with Gasteiger partial charge < -0.3 is 19.8 Å². The zero-order valence-electron chi connectivity index (χ0n) is 18.1. The van der Waals surface area contributed by atoms with Gasteiger partial charge in [0.25, 0.3) is 0 Å². The third kappa shape index (κ3) is 5.17. The third-order valence-electron chi connectivity index (χ3n) is 5.24. The summed E-state index contributed by atoms with van der Waals surface area (Å²) >= 11 is 0. The monoisotopic (exact) mass is 403 g/mol. The van der Waals surface area contributed by atoms with Gasteiger partial charge in [0.15, 0.2) is 0 Å². The van der Waals surface area contributed by atoms with Gasteiger partial charge in [0.2, 0.25) is 0 Å².